The van der Waals surface area contributed by atoms with Crippen LogP contribution in [-0.4, -0.2) is 51.8 Å². The Morgan fingerprint density at radius 2 is 2.16 bits per heavy atom. The third-order valence-electron chi connectivity index (χ3n) is 2.37. The molecule has 0 aromatic carbocycles. The lowest BCUT2D eigenvalue weighted by atomic mass is 10.2. The number of carboxylic acids is 1. The molecule has 7 nitrogen and oxygen atoms in total. The maximum absolute atomic E-state index is 11.6. The van der Waals surface area contributed by atoms with Crippen molar-refractivity contribution in [3.05, 3.63) is 29.6 Å². The highest BCUT2D eigenvalue weighted by atomic mass is 16.4. The van der Waals surface area contributed by atoms with Crippen molar-refractivity contribution < 1.29 is 19.8 Å². The lowest BCUT2D eigenvalue weighted by Gasteiger charge is -2.19. The van der Waals surface area contributed by atoms with Gasteiger partial charge < -0.3 is 20.4 Å². The van der Waals surface area contributed by atoms with Gasteiger partial charge >= 0.3 is 12.0 Å². The fourth-order valence-corrected chi connectivity index (χ4v) is 1.45. The first-order valence-corrected chi connectivity index (χ1v) is 5.75. The molecule has 1 rings (SSSR count). The summed E-state index contributed by atoms with van der Waals surface area (Å²) in [5.74, 6) is -1.09. The molecule has 1 unspecified atom stereocenters. The Bertz CT molecular complexity index is 445. The van der Waals surface area contributed by atoms with Crippen molar-refractivity contribution in [2.75, 3.05) is 13.6 Å². The van der Waals surface area contributed by atoms with E-state index in [4.69, 9.17) is 10.2 Å². The summed E-state index contributed by atoms with van der Waals surface area (Å²) in [7, 11) is 1.58. The van der Waals surface area contributed by atoms with E-state index in [-0.39, 0.29) is 24.8 Å². The van der Waals surface area contributed by atoms with Gasteiger partial charge in [0.2, 0.25) is 0 Å². The van der Waals surface area contributed by atoms with E-state index in [1.54, 1.807) is 20.0 Å². The van der Waals surface area contributed by atoms with Gasteiger partial charge in [-0.3, -0.25) is 0 Å². The number of nitrogens with zero attached hydrogens (tertiary/aromatic N) is 2. The average Bonchev–Trinajstić information content (AvgIpc) is 2.35. The molecular formula is C12H17N3O4. The fraction of sp³-hybridized carbons (Fsp3) is 0.417. The summed E-state index contributed by atoms with van der Waals surface area (Å²) in [4.78, 5) is 27.3. The molecule has 0 saturated carbocycles. The van der Waals surface area contributed by atoms with Crippen LogP contribution in [0.25, 0.3) is 0 Å². The predicted molar refractivity (Wildman–Crippen MR) is 67.7 cm³/mol. The van der Waals surface area contributed by atoms with E-state index in [1.165, 1.54) is 17.2 Å². The number of likely N-dealkylation sites (N-methyl/N-ethyl adjacent to an activating group) is 1. The van der Waals surface area contributed by atoms with Gasteiger partial charge in [-0.15, -0.1) is 0 Å². The molecule has 104 valence electrons. The Morgan fingerprint density at radius 3 is 2.63 bits per heavy atom. The van der Waals surface area contributed by atoms with E-state index in [2.05, 4.69) is 10.3 Å². The summed E-state index contributed by atoms with van der Waals surface area (Å²) in [6.07, 6.45) is 0.811. The summed E-state index contributed by atoms with van der Waals surface area (Å²) in [6.45, 7) is 2.08. The zero-order chi connectivity index (χ0) is 14.4. The third-order valence-corrected chi connectivity index (χ3v) is 2.37. The van der Waals surface area contributed by atoms with E-state index in [0.29, 0.717) is 5.56 Å². The number of aliphatic hydroxyl groups is 1. The van der Waals surface area contributed by atoms with Gasteiger partial charge in [-0.25, -0.2) is 14.6 Å². The van der Waals surface area contributed by atoms with Crippen LogP contribution in [0.4, 0.5) is 4.79 Å². The lowest BCUT2D eigenvalue weighted by molar-refractivity contribution is 0.0690. The standard InChI is InChI=1S/C12H17N3O4/c1-8(16)7-15(2)12(19)14-6-9-3-4-10(11(17)18)13-5-9/h3-5,8,16H,6-7H2,1-2H3,(H,14,19)(H,17,18). The first-order valence-electron chi connectivity index (χ1n) is 5.75. The Morgan fingerprint density at radius 1 is 1.47 bits per heavy atom. The normalized spacial score (nSPS) is 11.7. The average molecular weight is 267 g/mol. The molecule has 0 aliphatic rings. The van der Waals surface area contributed by atoms with Crippen LogP contribution in [-0.2, 0) is 6.54 Å². The highest BCUT2D eigenvalue weighted by Gasteiger charge is 2.10. The van der Waals surface area contributed by atoms with Crippen LogP contribution in [0.15, 0.2) is 18.3 Å². The van der Waals surface area contributed by atoms with Crippen LogP contribution in [0.5, 0.6) is 0 Å². The molecule has 0 spiro atoms. The molecule has 2 amide bonds. The van der Waals surface area contributed by atoms with Crippen molar-refractivity contribution in [2.45, 2.75) is 19.6 Å². The first-order chi connectivity index (χ1) is 8.90. The SMILES string of the molecule is CC(O)CN(C)C(=O)NCc1ccc(C(=O)O)nc1. The molecule has 0 radical (unpaired) electrons. The molecule has 0 bridgehead atoms. The van der Waals surface area contributed by atoms with Gasteiger partial charge in [0.1, 0.15) is 5.69 Å². The van der Waals surface area contributed by atoms with Crippen LogP contribution in [0, 0.1) is 0 Å². The van der Waals surface area contributed by atoms with E-state index >= 15 is 0 Å². The van der Waals surface area contributed by atoms with Crippen LogP contribution in [0.2, 0.25) is 0 Å². The number of hydrogen-bond donors (Lipinski definition) is 3. The molecule has 19 heavy (non-hydrogen) atoms. The van der Waals surface area contributed by atoms with Crippen molar-refractivity contribution in [1.29, 1.82) is 0 Å². The van der Waals surface area contributed by atoms with Crippen LogP contribution < -0.4 is 5.32 Å². The number of aromatic nitrogens is 1. The van der Waals surface area contributed by atoms with Crippen LogP contribution in [0.1, 0.15) is 23.0 Å². The van der Waals surface area contributed by atoms with Crippen molar-refractivity contribution in [3.8, 4) is 0 Å². The maximum atomic E-state index is 11.6. The molecule has 0 aliphatic heterocycles. The number of aromatic carboxylic acids is 1. The van der Waals surface area contributed by atoms with Gasteiger partial charge in [0.05, 0.1) is 6.10 Å². The quantitative estimate of drug-likeness (QED) is 0.712. The molecule has 0 aliphatic carbocycles. The minimum atomic E-state index is -1.09. The Kier molecular flexibility index (Phi) is 5.25. The van der Waals surface area contributed by atoms with Crippen LogP contribution in [0.3, 0.4) is 0 Å². The van der Waals surface area contributed by atoms with Crippen molar-refractivity contribution in [3.63, 3.8) is 0 Å². The number of amides is 2. The number of urea groups is 1. The van der Waals surface area contributed by atoms with Gasteiger partial charge in [0.25, 0.3) is 0 Å². The van der Waals surface area contributed by atoms with Gasteiger partial charge in [-0.05, 0) is 18.6 Å². The number of aliphatic hydroxyl groups excluding tert-OH is 1. The number of rotatable bonds is 5. The maximum Gasteiger partial charge on any atom is 0.354 e. The largest absolute Gasteiger partial charge is 0.477 e. The van der Waals surface area contributed by atoms with Gasteiger partial charge in [-0.1, -0.05) is 6.07 Å². The van der Waals surface area contributed by atoms with Gasteiger partial charge in [0.15, 0.2) is 0 Å². The predicted octanol–water partition coefficient (Wildman–Crippen LogP) is 0.302. The van der Waals surface area contributed by atoms with Gasteiger partial charge in [0, 0.05) is 26.3 Å². The highest BCUT2D eigenvalue weighted by Crippen LogP contribution is 2.00. The topological polar surface area (TPSA) is 103 Å². The number of pyridine rings is 1. The number of nitrogens with one attached hydrogen (secondary N) is 1. The zero-order valence-corrected chi connectivity index (χ0v) is 10.8. The molecular weight excluding hydrogens is 250 g/mol. The number of hydrogen-bond acceptors (Lipinski definition) is 4. The van der Waals surface area contributed by atoms with E-state index in [9.17, 15) is 9.59 Å². The smallest absolute Gasteiger partial charge is 0.354 e. The molecule has 1 aromatic heterocycles. The molecule has 1 aromatic rings. The summed E-state index contributed by atoms with van der Waals surface area (Å²) >= 11 is 0. The third kappa shape index (κ3) is 4.92. The Labute approximate surface area is 110 Å². The highest BCUT2D eigenvalue weighted by molar-refractivity contribution is 5.85. The second-order valence-electron chi connectivity index (χ2n) is 4.25. The number of carbonyl (C=O) groups is 2. The lowest BCUT2D eigenvalue weighted by Crippen LogP contribution is -2.40. The molecule has 1 heterocycles. The summed E-state index contributed by atoms with van der Waals surface area (Å²) in [5.41, 5.74) is 0.657. The second kappa shape index (κ2) is 6.69. The number of carbonyl (C=O) groups excluding carboxylic acids is 1. The van der Waals surface area contributed by atoms with E-state index < -0.39 is 12.1 Å². The molecule has 7 heteroatoms. The summed E-state index contributed by atoms with van der Waals surface area (Å²) < 4.78 is 0. The fourth-order valence-electron chi connectivity index (χ4n) is 1.45. The van der Waals surface area contributed by atoms with E-state index in [1.807, 2.05) is 0 Å². The monoisotopic (exact) mass is 267 g/mol. The van der Waals surface area contributed by atoms with Crippen molar-refractivity contribution in [1.82, 2.24) is 15.2 Å². The summed E-state index contributed by atoms with van der Waals surface area (Å²) in [5, 5.41) is 20.5. The van der Waals surface area contributed by atoms with Crippen LogP contribution >= 0.6 is 0 Å². The van der Waals surface area contributed by atoms with Crippen molar-refractivity contribution in [2.24, 2.45) is 0 Å². The van der Waals surface area contributed by atoms with E-state index in [0.717, 1.165) is 0 Å². The first kappa shape index (κ1) is 14.9. The number of carboxylic acid groups (broad SMARTS) is 1. The molecule has 3 N–H and O–H groups in total. The Hall–Kier alpha value is -2.15. The zero-order valence-electron chi connectivity index (χ0n) is 10.8. The minimum absolute atomic E-state index is 0.0405. The summed E-state index contributed by atoms with van der Waals surface area (Å²) in [6, 6.07) is 2.65. The molecule has 0 fully saturated rings. The molecule has 1 atom stereocenters. The second-order valence-corrected chi connectivity index (χ2v) is 4.25. The van der Waals surface area contributed by atoms with Crippen molar-refractivity contribution >= 4 is 12.0 Å². The van der Waals surface area contributed by atoms with Gasteiger partial charge in [-0.2, -0.15) is 0 Å². The Balaban J connectivity index is 2.48. The molecule has 0 saturated heterocycles. The minimum Gasteiger partial charge on any atom is -0.477 e.